The number of aryl methyl sites for hydroxylation is 2. The first-order valence-electron chi connectivity index (χ1n) is 13.5. The summed E-state index contributed by atoms with van der Waals surface area (Å²) >= 11 is 12.3. The molecule has 3 aromatic rings. The van der Waals surface area contributed by atoms with E-state index in [0.717, 1.165) is 15.4 Å². The third-order valence-electron chi connectivity index (χ3n) is 6.72. The third kappa shape index (κ3) is 8.24. The highest BCUT2D eigenvalue weighted by Crippen LogP contribution is 2.29. The van der Waals surface area contributed by atoms with Crippen molar-refractivity contribution in [1.29, 1.82) is 0 Å². The molecule has 0 saturated heterocycles. The number of benzene rings is 3. The van der Waals surface area contributed by atoms with Crippen molar-refractivity contribution >= 4 is 50.7 Å². The van der Waals surface area contributed by atoms with Crippen LogP contribution < -0.4 is 9.62 Å². The molecule has 1 atom stereocenters. The summed E-state index contributed by atoms with van der Waals surface area (Å²) in [5, 5.41) is 3.55. The smallest absolute Gasteiger partial charge is 0.264 e. The molecule has 0 aromatic heterocycles. The van der Waals surface area contributed by atoms with Crippen LogP contribution in [0.15, 0.2) is 71.6 Å². The number of hydrogen-bond acceptors (Lipinski definition) is 4. The fourth-order valence-electron chi connectivity index (χ4n) is 4.27. The first kappa shape index (κ1) is 32.4. The number of carbonyl (C=O) groups is 2. The molecule has 0 spiro atoms. The first-order valence-corrected chi connectivity index (χ1v) is 15.7. The molecular weight excluding hydrogens is 581 g/mol. The van der Waals surface area contributed by atoms with E-state index in [1.807, 2.05) is 39.8 Å². The zero-order chi connectivity index (χ0) is 30.3. The van der Waals surface area contributed by atoms with Gasteiger partial charge in [-0.05, 0) is 67.6 Å². The summed E-state index contributed by atoms with van der Waals surface area (Å²) in [6.07, 6.45) is 0.561. The molecule has 0 heterocycles. The molecule has 0 fully saturated rings. The first-order chi connectivity index (χ1) is 19.3. The number of sulfonamides is 1. The van der Waals surface area contributed by atoms with Crippen LogP contribution in [0.1, 0.15) is 44.4 Å². The van der Waals surface area contributed by atoms with E-state index >= 15 is 0 Å². The van der Waals surface area contributed by atoms with Gasteiger partial charge >= 0.3 is 0 Å². The van der Waals surface area contributed by atoms with Crippen molar-refractivity contribution in [3.05, 3.63) is 93.5 Å². The molecule has 10 heteroatoms. The maximum Gasteiger partial charge on any atom is 0.264 e. The lowest BCUT2D eigenvalue weighted by Crippen LogP contribution is -2.51. The number of rotatable bonds is 12. The van der Waals surface area contributed by atoms with Crippen LogP contribution in [0.3, 0.4) is 0 Å². The Labute approximate surface area is 253 Å². The molecule has 0 saturated carbocycles. The van der Waals surface area contributed by atoms with Crippen LogP contribution in [-0.4, -0.2) is 44.3 Å². The molecule has 220 valence electrons. The Morgan fingerprint density at radius 1 is 0.927 bits per heavy atom. The van der Waals surface area contributed by atoms with E-state index in [1.165, 1.54) is 17.0 Å². The maximum absolute atomic E-state index is 14.1. The fraction of sp³-hybridized carbons (Fsp3) is 0.355. The number of nitrogens with zero attached hydrogens (tertiary/aromatic N) is 2. The number of para-hydroxylation sites is 1. The van der Waals surface area contributed by atoms with Crippen molar-refractivity contribution in [2.75, 3.05) is 17.4 Å². The predicted octanol–water partition coefficient (Wildman–Crippen LogP) is 6.25. The lowest BCUT2D eigenvalue weighted by atomic mass is 10.1. The summed E-state index contributed by atoms with van der Waals surface area (Å²) < 4.78 is 29.2. The summed E-state index contributed by atoms with van der Waals surface area (Å²) in [5.74, 6) is -0.662. The Hall–Kier alpha value is -3.07. The van der Waals surface area contributed by atoms with E-state index in [9.17, 15) is 18.0 Å². The lowest BCUT2D eigenvalue weighted by Gasteiger charge is -2.32. The largest absolute Gasteiger partial charge is 0.354 e. The van der Waals surface area contributed by atoms with E-state index in [4.69, 9.17) is 23.2 Å². The SMILES string of the molecule is CCc1ccccc1N(CC(=O)N(Cc1ccc(Cl)c(Cl)c1)[C@H](C)C(=O)NCC(C)C)S(=O)(=O)c1ccc(C)cc1. The van der Waals surface area contributed by atoms with E-state index in [0.29, 0.717) is 34.3 Å². The molecule has 3 aromatic carbocycles. The van der Waals surface area contributed by atoms with Gasteiger partial charge in [0.25, 0.3) is 10.0 Å². The van der Waals surface area contributed by atoms with Crippen LogP contribution >= 0.6 is 23.2 Å². The number of amides is 2. The lowest BCUT2D eigenvalue weighted by molar-refractivity contribution is -0.139. The minimum atomic E-state index is -4.14. The Balaban J connectivity index is 2.06. The summed E-state index contributed by atoms with van der Waals surface area (Å²) in [6, 6.07) is 17.7. The van der Waals surface area contributed by atoms with Crippen molar-refractivity contribution in [2.45, 2.75) is 58.5 Å². The van der Waals surface area contributed by atoms with Crippen LogP contribution in [0.2, 0.25) is 10.0 Å². The Morgan fingerprint density at radius 2 is 1.59 bits per heavy atom. The van der Waals surface area contributed by atoms with Crippen LogP contribution in [-0.2, 0) is 32.6 Å². The number of hydrogen-bond donors (Lipinski definition) is 1. The number of anilines is 1. The normalized spacial score (nSPS) is 12.2. The van der Waals surface area contributed by atoms with Gasteiger partial charge in [-0.15, -0.1) is 0 Å². The molecule has 7 nitrogen and oxygen atoms in total. The van der Waals surface area contributed by atoms with Crippen molar-refractivity contribution in [1.82, 2.24) is 10.2 Å². The van der Waals surface area contributed by atoms with Crippen molar-refractivity contribution < 1.29 is 18.0 Å². The zero-order valence-corrected chi connectivity index (χ0v) is 26.4. The maximum atomic E-state index is 14.1. The Bertz CT molecular complexity index is 1480. The number of carbonyl (C=O) groups excluding carboxylic acids is 2. The number of halogens is 2. The second kappa shape index (κ2) is 14.2. The van der Waals surface area contributed by atoms with E-state index in [1.54, 1.807) is 49.4 Å². The molecular formula is C31H37Cl2N3O4S. The van der Waals surface area contributed by atoms with Crippen molar-refractivity contribution in [3.63, 3.8) is 0 Å². The minimum absolute atomic E-state index is 0.0276. The highest BCUT2D eigenvalue weighted by Gasteiger charge is 2.33. The topological polar surface area (TPSA) is 86.8 Å². The van der Waals surface area contributed by atoms with Crippen molar-refractivity contribution in [2.24, 2.45) is 5.92 Å². The van der Waals surface area contributed by atoms with Crippen molar-refractivity contribution in [3.8, 4) is 0 Å². The zero-order valence-electron chi connectivity index (χ0n) is 24.0. The highest BCUT2D eigenvalue weighted by molar-refractivity contribution is 7.92. The van der Waals surface area contributed by atoms with Crippen LogP contribution in [0.25, 0.3) is 0 Å². The molecule has 0 aliphatic carbocycles. The molecule has 0 aliphatic rings. The average Bonchev–Trinajstić information content (AvgIpc) is 2.94. The van der Waals surface area contributed by atoms with Crippen LogP contribution in [0.4, 0.5) is 5.69 Å². The molecule has 0 unspecified atom stereocenters. The third-order valence-corrected chi connectivity index (χ3v) is 9.23. The molecule has 0 radical (unpaired) electrons. The van der Waals surface area contributed by atoms with E-state index in [2.05, 4.69) is 5.32 Å². The molecule has 0 bridgehead atoms. The molecule has 41 heavy (non-hydrogen) atoms. The highest BCUT2D eigenvalue weighted by atomic mass is 35.5. The van der Waals surface area contributed by atoms with Gasteiger partial charge in [0.05, 0.1) is 20.6 Å². The summed E-state index contributed by atoms with van der Waals surface area (Å²) in [5.41, 5.74) is 2.75. The van der Waals surface area contributed by atoms with Gasteiger partial charge in [0.15, 0.2) is 0 Å². The van der Waals surface area contributed by atoms with Crippen LogP contribution in [0, 0.1) is 12.8 Å². The average molecular weight is 619 g/mol. The van der Waals surface area contributed by atoms with E-state index in [-0.39, 0.29) is 23.3 Å². The van der Waals surface area contributed by atoms with Gasteiger partial charge in [-0.1, -0.05) is 85.9 Å². The minimum Gasteiger partial charge on any atom is -0.354 e. The van der Waals surface area contributed by atoms with Gasteiger partial charge in [-0.25, -0.2) is 8.42 Å². The van der Waals surface area contributed by atoms with Gasteiger partial charge in [-0.3, -0.25) is 13.9 Å². The summed E-state index contributed by atoms with van der Waals surface area (Å²) in [7, 11) is -4.14. The second-order valence-corrected chi connectivity index (χ2v) is 13.1. The van der Waals surface area contributed by atoms with Gasteiger partial charge in [-0.2, -0.15) is 0 Å². The van der Waals surface area contributed by atoms with Gasteiger partial charge in [0.2, 0.25) is 11.8 Å². The van der Waals surface area contributed by atoms with Gasteiger partial charge in [0.1, 0.15) is 12.6 Å². The predicted molar refractivity (Wildman–Crippen MR) is 166 cm³/mol. The molecule has 3 rings (SSSR count). The van der Waals surface area contributed by atoms with Crippen LogP contribution in [0.5, 0.6) is 0 Å². The van der Waals surface area contributed by atoms with E-state index < -0.39 is 28.5 Å². The number of nitrogens with one attached hydrogen (secondary N) is 1. The summed E-state index contributed by atoms with van der Waals surface area (Å²) in [6.45, 7) is 9.34. The van der Waals surface area contributed by atoms with Gasteiger partial charge < -0.3 is 10.2 Å². The standard InChI is InChI=1S/C31H37Cl2N3O4S/c1-6-25-9-7-8-10-29(25)36(41(39,40)26-14-11-22(4)12-15-26)20-30(37)35(23(5)31(38)34-18-21(2)3)19-24-13-16-27(32)28(33)17-24/h7-17,21,23H,6,18-20H2,1-5H3,(H,34,38)/t23-/m1/s1. The summed E-state index contributed by atoms with van der Waals surface area (Å²) in [4.78, 5) is 28.7. The fourth-order valence-corrected chi connectivity index (χ4v) is 6.05. The molecule has 1 N–H and O–H groups in total. The van der Waals surface area contributed by atoms with Gasteiger partial charge in [0, 0.05) is 13.1 Å². The Kier molecular flexibility index (Phi) is 11.2. The monoisotopic (exact) mass is 617 g/mol. The Morgan fingerprint density at radius 3 is 2.20 bits per heavy atom. The quantitative estimate of drug-likeness (QED) is 0.260. The molecule has 2 amide bonds. The molecule has 0 aliphatic heterocycles. The second-order valence-electron chi connectivity index (χ2n) is 10.4.